The number of nitrogens with zero attached hydrogens (tertiary/aromatic N) is 3. The van der Waals surface area contributed by atoms with Crippen LogP contribution in [-0.4, -0.2) is 35.6 Å². The van der Waals surface area contributed by atoms with Gasteiger partial charge in [-0.1, -0.05) is 36.4 Å². The normalized spacial score (nSPS) is 16.7. The molecule has 0 radical (unpaired) electrons. The smallest absolute Gasteiger partial charge is 0.237 e. The Labute approximate surface area is 199 Å². The van der Waals surface area contributed by atoms with Crippen molar-refractivity contribution >= 4 is 5.91 Å². The number of rotatable bonds is 7. The molecule has 1 amide bonds. The molecular formula is C27H27N5O2. The van der Waals surface area contributed by atoms with Crippen molar-refractivity contribution in [2.75, 3.05) is 13.7 Å². The van der Waals surface area contributed by atoms with Crippen LogP contribution >= 0.6 is 0 Å². The number of amides is 1. The molecule has 0 bridgehead atoms. The van der Waals surface area contributed by atoms with Gasteiger partial charge in [-0.2, -0.15) is 5.26 Å². The maximum absolute atomic E-state index is 11.4. The summed E-state index contributed by atoms with van der Waals surface area (Å²) in [6.07, 6.45) is 6.41. The Morgan fingerprint density at radius 2 is 1.97 bits per heavy atom. The van der Waals surface area contributed by atoms with Gasteiger partial charge in [0.2, 0.25) is 11.8 Å². The molecule has 1 unspecified atom stereocenters. The third-order valence-electron chi connectivity index (χ3n) is 6.66. The van der Waals surface area contributed by atoms with Crippen molar-refractivity contribution in [3.8, 4) is 34.3 Å². The van der Waals surface area contributed by atoms with E-state index in [1.165, 1.54) is 11.1 Å². The van der Waals surface area contributed by atoms with Gasteiger partial charge < -0.3 is 15.4 Å². The van der Waals surface area contributed by atoms with Crippen LogP contribution < -0.4 is 15.4 Å². The number of ether oxygens (including phenoxy) is 1. The summed E-state index contributed by atoms with van der Waals surface area (Å²) in [5.41, 5.74) is 7.43. The third kappa shape index (κ3) is 4.25. The van der Waals surface area contributed by atoms with E-state index < -0.39 is 0 Å². The molecule has 7 nitrogen and oxygen atoms in total. The second kappa shape index (κ2) is 9.62. The average Bonchev–Trinajstić information content (AvgIpc) is 3.52. The summed E-state index contributed by atoms with van der Waals surface area (Å²) in [5.74, 6) is 0.528. The van der Waals surface area contributed by atoms with E-state index >= 15 is 0 Å². The maximum atomic E-state index is 11.4. The Balaban J connectivity index is 1.43. The summed E-state index contributed by atoms with van der Waals surface area (Å²) in [6, 6.07) is 14.8. The number of aromatic nitrogens is 2. The fourth-order valence-corrected chi connectivity index (χ4v) is 4.99. The van der Waals surface area contributed by atoms with Crippen LogP contribution in [-0.2, 0) is 24.2 Å². The highest BCUT2D eigenvalue weighted by Gasteiger charge is 2.22. The Morgan fingerprint density at radius 3 is 2.76 bits per heavy atom. The first-order chi connectivity index (χ1) is 16.7. The Morgan fingerprint density at radius 1 is 1.15 bits per heavy atom. The number of hydrogen-bond acceptors (Lipinski definition) is 6. The Bertz CT molecular complexity index is 1280. The van der Waals surface area contributed by atoms with Crippen molar-refractivity contribution in [3.05, 3.63) is 65.0 Å². The van der Waals surface area contributed by atoms with Crippen molar-refractivity contribution < 1.29 is 9.53 Å². The molecule has 172 valence electrons. The highest BCUT2D eigenvalue weighted by Crippen LogP contribution is 2.37. The molecule has 1 aromatic heterocycles. The van der Waals surface area contributed by atoms with Crippen LogP contribution in [0.4, 0.5) is 0 Å². The van der Waals surface area contributed by atoms with Crippen molar-refractivity contribution in [3.63, 3.8) is 0 Å². The van der Waals surface area contributed by atoms with Gasteiger partial charge in [-0.15, -0.1) is 0 Å². The summed E-state index contributed by atoms with van der Waals surface area (Å²) in [4.78, 5) is 20.7. The molecule has 34 heavy (non-hydrogen) atoms. The number of hydrogen-bond donors (Lipinski definition) is 2. The van der Waals surface area contributed by atoms with E-state index in [2.05, 4.69) is 39.9 Å². The zero-order valence-corrected chi connectivity index (χ0v) is 19.2. The lowest BCUT2D eigenvalue weighted by atomic mass is 9.90. The van der Waals surface area contributed by atoms with Crippen molar-refractivity contribution in [2.24, 2.45) is 0 Å². The standard InChI is InChI=1S/C27H27N5O2/c1-34-27-25(15-29-14-18-11-12-26(33)31-18)30-16-24(32-27)22-10-4-9-21(23(22)13-28)20-8-3-6-17-5-2-7-19(17)20/h3-4,6,8-10,16,18,29H,2,5,7,11-12,14-15H2,1H3,(H,31,33). The van der Waals surface area contributed by atoms with E-state index in [9.17, 15) is 10.1 Å². The molecule has 1 saturated heterocycles. The Hall–Kier alpha value is -3.76. The van der Waals surface area contributed by atoms with E-state index in [1.807, 2.05) is 18.2 Å². The van der Waals surface area contributed by atoms with Gasteiger partial charge in [-0.25, -0.2) is 4.98 Å². The first-order valence-electron chi connectivity index (χ1n) is 11.7. The third-order valence-corrected chi connectivity index (χ3v) is 6.66. The SMILES string of the molecule is COc1nc(-c2cccc(-c3cccc4c3CCC4)c2C#N)cnc1CNCC1CCC(=O)N1. The van der Waals surface area contributed by atoms with Gasteiger partial charge >= 0.3 is 0 Å². The minimum absolute atomic E-state index is 0.101. The molecule has 1 aliphatic heterocycles. The van der Waals surface area contributed by atoms with Gasteiger partial charge in [0.25, 0.3) is 0 Å². The van der Waals surface area contributed by atoms with Gasteiger partial charge in [0, 0.05) is 36.7 Å². The maximum Gasteiger partial charge on any atom is 0.237 e. The van der Waals surface area contributed by atoms with Crippen molar-refractivity contribution in [1.82, 2.24) is 20.6 Å². The lowest BCUT2D eigenvalue weighted by Gasteiger charge is -2.15. The number of aryl methyl sites for hydroxylation is 1. The molecule has 3 aromatic rings. The van der Waals surface area contributed by atoms with Crippen LogP contribution in [0.5, 0.6) is 5.88 Å². The molecule has 1 atom stereocenters. The summed E-state index contributed by atoms with van der Waals surface area (Å²) in [5, 5.41) is 16.4. The number of carbonyl (C=O) groups is 1. The fourth-order valence-electron chi connectivity index (χ4n) is 4.99. The molecule has 2 heterocycles. The zero-order chi connectivity index (χ0) is 23.5. The lowest BCUT2D eigenvalue weighted by molar-refractivity contribution is -0.119. The quantitative estimate of drug-likeness (QED) is 0.568. The number of nitrogens with one attached hydrogen (secondary N) is 2. The summed E-state index contributed by atoms with van der Waals surface area (Å²) in [6.45, 7) is 1.14. The average molecular weight is 454 g/mol. The van der Waals surface area contributed by atoms with Crippen LogP contribution in [0.1, 0.15) is 41.6 Å². The van der Waals surface area contributed by atoms with Gasteiger partial charge in [-0.3, -0.25) is 9.78 Å². The highest BCUT2D eigenvalue weighted by atomic mass is 16.5. The molecule has 2 aromatic carbocycles. The van der Waals surface area contributed by atoms with Crippen molar-refractivity contribution in [1.29, 1.82) is 5.26 Å². The molecule has 2 N–H and O–H groups in total. The second-order valence-electron chi connectivity index (χ2n) is 8.78. The van der Waals surface area contributed by atoms with Gasteiger partial charge in [0.15, 0.2) is 0 Å². The number of fused-ring (bicyclic) bond motifs is 1. The fraction of sp³-hybridized carbons (Fsp3) is 0.333. The van der Waals surface area contributed by atoms with Crippen LogP contribution in [0.2, 0.25) is 0 Å². The first kappa shape index (κ1) is 22.1. The van der Waals surface area contributed by atoms with E-state index in [0.717, 1.165) is 42.4 Å². The number of carbonyl (C=O) groups excluding carboxylic acids is 1. The van der Waals surface area contributed by atoms with E-state index in [-0.39, 0.29) is 11.9 Å². The zero-order valence-electron chi connectivity index (χ0n) is 19.2. The molecule has 1 fully saturated rings. The van der Waals surface area contributed by atoms with Gasteiger partial charge in [-0.05, 0) is 42.4 Å². The summed E-state index contributed by atoms with van der Waals surface area (Å²) in [7, 11) is 1.57. The first-order valence-corrected chi connectivity index (χ1v) is 11.7. The van der Waals surface area contributed by atoms with Gasteiger partial charge in [0.05, 0.1) is 24.6 Å². The number of benzene rings is 2. The predicted octanol–water partition coefficient (Wildman–Crippen LogP) is 3.55. The molecule has 0 saturated carbocycles. The molecule has 2 aliphatic rings. The predicted molar refractivity (Wildman–Crippen MR) is 129 cm³/mol. The topological polar surface area (TPSA) is 99.9 Å². The minimum atomic E-state index is 0.101. The summed E-state index contributed by atoms with van der Waals surface area (Å²) >= 11 is 0. The Kier molecular flexibility index (Phi) is 6.24. The number of nitriles is 1. The van der Waals surface area contributed by atoms with Crippen molar-refractivity contribution in [2.45, 2.75) is 44.7 Å². The monoisotopic (exact) mass is 453 g/mol. The minimum Gasteiger partial charge on any atom is -0.480 e. The van der Waals surface area contributed by atoms with E-state index in [0.29, 0.717) is 42.3 Å². The molecule has 1 aliphatic carbocycles. The van der Waals surface area contributed by atoms with Crippen LogP contribution in [0, 0.1) is 11.3 Å². The molecule has 0 spiro atoms. The van der Waals surface area contributed by atoms with E-state index in [1.54, 1.807) is 13.3 Å². The van der Waals surface area contributed by atoms with Crippen LogP contribution in [0.15, 0.2) is 42.6 Å². The number of methoxy groups -OCH3 is 1. The molecular weight excluding hydrogens is 426 g/mol. The van der Waals surface area contributed by atoms with Gasteiger partial charge in [0.1, 0.15) is 11.8 Å². The van der Waals surface area contributed by atoms with E-state index in [4.69, 9.17) is 9.72 Å². The molecule has 5 rings (SSSR count). The summed E-state index contributed by atoms with van der Waals surface area (Å²) < 4.78 is 5.53. The van der Waals surface area contributed by atoms with Crippen LogP contribution in [0.25, 0.3) is 22.4 Å². The molecule has 7 heteroatoms. The lowest BCUT2D eigenvalue weighted by Crippen LogP contribution is -2.35. The second-order valence-corrected chi connectivity index (χ2v) is 8.78. The van der Waals surface area contributed by atoms with Crippen LogP contribution in [0.3, 0.4) is 0 Å². The highest BCUT2D eigenvalue weighted by molar-refractivity contribution is 5.82. The largest absolute Gasteiger partial charge is 0.480 e.